The molecule has 2 aromatic rings. The van der Waals surface area contributed by atoms with Crippen LogP contribution >= 0.6 is 11.3 Å². The minimum absolute atomic E-state index is 0.145. The van der Waals surface area contributed by atoms with Crippen molar-refractivity contribution in [2.24, 2.45) is 11.7 Å². The third-order valence-corrected chi connectivity index (χ3v) is 3.63. The number of rotatable bonds is 6. The summed E-state index contributed by atoms with van der Waals surface area (Å²) in [4.78, 5) is 1.33. The number of hydrogen-bond donors (Lipinski definition) is 1. The third-order valence-electron chi connectivity index (χ3n) is 2.69. The van der Waals surface area contributed by atoms with Gasteiger partial charge >= 0.3 is 0 Å². The number of nitrogens with two attached hydrogens (primary N) is 1. The van der Waals surface area contributed by atoms with Crippen LogP contribution in [0.3, 0.4) is 0 Å². The predicted molar refractivity (Wildman–Crippen MR) is 72.4 cm³/mol. The lowest BCUT2D eigenvalue weighted by Gasteiger charge is -2.08. The molecule has 0 saturated heterocycles. The van der Waals surface area contributed by atoms with Gasteiger partial charge in [0, 0.05) is 11.3 Å². The van der Waals surface area contributed by atoms with E-state index in [1.54, 1.807) is 11.3 Å². The molecule has 1 unspecified atom stereocenters. The van der Waals surface area contributed by atoms with Gasteiger partial charge in [0.15, 0.2) is 0 Å². The maximum atomic E-state index is 6.01. The van der Waals surface area contributed by atoms with Crippen molar-refractivity contribution in [1.29, 1.82) is 0 Å². The van der Waals surface area contributed by atoms with Crippen LogP contribution in [0.2, 0.25) is 0 Å². The summed E-state index contributed by atoms with van der Waals surface area (Å²) >= 11 is 1.75. The van der Waals surface area contributed by atoms with Crippen molar-refractivity contribution in [2.45, 2.75) is 39.2 Å². The normalized spacial score (nSPS) is 13.1. The number of thiophene rings is 1. The predicted octanol–water partition coefficient (Wildman–Crippen LogP) is 2.96. The Hall–Kier alpha value is -1.20. The van der Waals surface area contributed by atoms with Crippen molar-refractivity contribution in [1.82, 2.24) is 10.2 Å². The first-order chi connectivity index (χ1) is 8.65. The molecule has 4 nitrogen and oxygen atoms in total. The van der Waals surface area contributed by atoms with E-state index in [1.807, 2.05) is 0 Å². The first kappa shape index (κ1) is 13.2. The van der Waals surface area contributed by atoms with Crippen LogP contribution < -0.4 is 5.73 Å². The molecule has 2 rings (SSSR count). The molecule has 18 heavy (non-hydrogen) atoms. The summed E-state index contributed by atoms with van der Waals surface area (Å²) in [6.45, 7) is 4.27. The van der Waals surface area contributed by atoms with Gasteiger partial charge in [0.05, 0.1) is 6.04 Å². The van der Waals surface area contributed by atoms with Crippen molar-refractivity contribution < 1.29 is 4.42 Å². The van der Waals surface area contributed by atoms with Crippen LogP contribution in [0.1, 0.15) is 43.0 Å². The van der Waals surface area contributed by atoms with Gasteiger partial charge in [0.1, 0.15) is 0 Å². The zero-order valence-electron chi connectivity index (χ0n) is 10.8. The molecule has 0 aliphatic heterocycles. The van der Waals surface area contributed by atoms with Gasteiger partial charge in [-0.2, -0.15) is 0 Å². The Bertz CT molecular complexity index is 464. The van der Waals surface area contributed by atoms with Crippen LogP contribution in [0.4, 0.5) is 0 Å². The number of nitrogens with zero attached hydrogens (tertiary/aromatic N) is 2. The lowest BCUT2D eigenvalue weighted by atomic mass is 10.1. The molecule has 0 fully saturated rings. The van der Waals surface area contributed by atoms with Gasteiger partial charge in [-0.25, -0.2) is 0 Å². The molecule has 2 aromatic heterocycles. The molecule has 0 aliphatic carbocycles. The summed E-state index contributed by atoms with van der Waals surface area (Å²) in [6, 6.07) is 4.03. The van der Waals surface area contributed by atoms with Crippen molar-refractivity contribution in [3.05, 3.63) is 34.2 Å². The number of aryl methyl sites for hydroxylation is 2. The third kappa shape index (κ3) is 3.65. The average molecular weight is 265 g/mol. The molecular weight excluding hydrogens is 246 g/mol. The highest BCUT2D eigenvalue weighted by molar-refractivity contribution is 7.09. The zero-order chi connectivity index (χ0) is 13.0. The summed E-state index contributed by atoms with van der Waals surface area (Å²) in [5.74, 6) is 1.77. The topological polar surface area (TPSA) is 64.9 Å². The monoisotopic (exact) mass is 265 g/mol. The van der Waals surface area contributed by atoms with Crippen LogP contribution in [0.5, 0.6) is 0 Å². The summed E-state index contributed by atoms with van der Waals surface area (Å²) in [7, 11) is 0. The molecule has 0 spiro atoms. The summed E-state index contributed by atoms with van der Waals surface area (Å²) in [6.07, 6.45) is 2.59. The van der Waals surface area contributed by atoms with Crippen LogP contribution in [0.25, 0.3) is 0 Å². The highest BCUT2D eigenvalue weighted by Gasteiger charge is 2.15. The second kappa shape index (κ2) is 6.11. The summed E-state index contributed by atoms with van der Waals surface area (Å²) in [5, 5.41) is 10.2. The van der Waals surface area contributed by atoms with E-state index in [1.165, 1.54) is 4.88 Å². The van der Waals surface area contributed by atoms with E-state index in [-0.39, 0.29) is 6.04 Å². The molecule has 0 saturated carbocycles. The first-order valence-corrected chi connectivity index (χ1v) is 7.13. The highest BCUT2D eigenvalue weighted by atomic mass is 32.1. The summed E-state index contributed by atoms with van der Waals surface area (Å²) < 4.78 is 5.60. The molecule has 2 heterocycles. The van der Waals surface area contributed by atoms with Gasteiger partial charge in [-0.05, 0) is 30.2 Å². The lowest BCUT2D eigenvalue weighted by Crippen LogP contribution is -2.13. The van der Waals surface area contributed by atoms with E-state index in [2.05, 4.69) is 41.6 Å². The fourth-order valence-electron chi connectivity index (χ4n) is 1.81. The van der Waals surface area contributed by atoms with Gasteiger partial charge in [0.25, 0.3) is 0 Å². The molecule has 0 amide bonds. The van der Waals surface area contributed by atoms with Crippen molar-refractivity contribution in [3.63, 3.8) is 0 Å². The van der Waals surface area contributed by atoms with E-state index >= 15 is 0 Å². The largest absolute Gasteiger partial charge is 0.424 e. The van der Waals surface area contributed by atoms with E-state index < -0.39 is 0 Å². The Morgan fingerprint density at radius 1 is 1.33 bits per heavy atom. The molecule has 0 bridgehead atoms. The van der Waals surface area contributed by atoms with E-state index in [4.69, 9.17) is 10.2 Å². The molecule has 0 aliphatic rings. The van der Waals surface area contributed by atoms with E-state index in [9.17, 15) is 0 Å². The Morgan fingerprint density at radius 2 is 2.17 bits per heavy atom. The quantitative estimate of drug-likeness (QED) is 0.872. The van der Waals surface area contributed by atoms with Crippen molar-refractivity contribution >= 4 is 11.3 Å². The van der Waals surface area contributed by atoms with Gasteiger partial charge in [0.2, 0.25) is 11.8 Å². The highest BCUT2D eigenvalue weighted by Crippen LogP contribution is 2.18. The lowest BCUT2D eigenvalue weighted by molar-refractivity contribution is 0.383. The smallest absolute Gasteiger partial charge is 0.233 e. The molecule has 1 atom stereocenters. The van der Waals surface area contributed by atoms with Gasteiger partial charge in [-0.1, -0.05) is 19.9 Å². The standard InChI is InChI=1S/C13H19N3OS/c1-9(2)8-11(14)13-16-15-12(17-13)6-5-10-4-3-7-18-10/h3-4,7,9,11H,5-6,8,14H2,1-2H3. The van der Waals surface area contributed by atoms with Gasteiger partial charge in [-0.15, -0.1) is 21.5 Å². The Balaban J connectivity index is 1.89. The molecular formula is C13H19N3OS. The van der Waals surface area contributed by atoms with Crippen LogP contribution in [-0.2, 0) is 12.8 Å². The van der Waals surface area contributed by atoms with Crippen LogP contribution in [0.15, 0.2) is 21.9 Å². The maximum Gasteiger partial charge on any atom is 0.233 e. The Kier molecular flexibility index (Phi) is 4.49. The molecule has 0 aromatic carbocycles. The van der Waals surface area contributed by atoms with Gasteiger partial charge in [-0.3, -0.25) is 0 Å². The second-order valence-electron chi connectivity index (χ2n) is 4.85. The number of hydrogen-bond acceptors (Lipinski definition) is 5. The van der Waals surface area contributed by atoms with Crippen molar-refractivity contribution in [3.8, 4) is 0 Å². The minimum atomic E-state index is -0.145. The number of aromatic nitrogens is 2. The molecule has 5 heteroatoms. The van der Waals surface area contributed by atoms with Crippen molar-refractivity contribution in [2.75, 3.05) is 0 Å². The zero-order valence-corrected chi connectivity index (χ0v) is 11.6. The van der Waals surface area contributed by atoms with Gasteiger partial charge < -0.3 is 10.2 Å². The molecule has 2 N–H and O–H groups in total. The minimum Gasteiger partial charge on any atom is -0.424 e. The maximum absolute atomic E-state index is 6.01. The Morgan fingerprint density at radius 3 is 2.83 bits per heavy atom. The van der Waals surface area contributed by atoms with Crippen LogP contribution in [0, 0.1) is 5.92 Å². The SMILES string of the molecule is CC(C)CC(N)c1nnc(CCc2cccs2)o1. The van der Waals surface area contributed by atoms with E-state index in [0.717, 1.165) is 19.3 Å². The Labute approximate surface area is 111 Å². The fraction of sp³-hybridized carbons (Fsp3) is 0.538. The first-order valence-electron chi connectivity index (χ1n) is 6.25. The fourth-order valence-corrected chi connectivity index (χ4v) is 2.52. The average Bonchev–Trinajstić information content (AvgIpc) is 2.97. The van der Waals surface area contributed by atoms with Crippen LogP contribution in [-0.4, -0.2) is 10.2 Å². The molecule has 0 radical (unpaired) electrons. The summed E-state index contributed by atoms with van der Waals surface area (Å²) in [5.41, 5.74) is 6.01. The van der Waals surface area contributed by atoms with E-state index in [0.29, 0.717) is 17.7 Å². The second-order valence-corrected chi connectivity index (χ2v) is 5.88. The molecule has 98 valence electrons.